The molecule has 0 radical (unpaired) electrons. The monoisotopic (exact) mass is 330 g/mol. The lowest BCUT2D eigenvalue weighted by Gasteiger charge is -2.26. The summed E-state index contributed by atoms with van der Waals surface area (Å²) < 4.78 is 23.9. The summed E-state index contributed by atoms with van der Waals surface area (Å²) in [5.41, 5.74) is 1.06. The van der Waals surface area contributed by atoms with Gasteiger partial charge in [-0.05, 0) is 30.3 Å². The first-order chi connectivity index (χ1) is 11.5. The van der Waals surface area contributed by atoms with Crippen LogP contribution in [0.4, 0.5) is 15.8 Å². The largest absolute Gasteiger partial charge is 0.482 e. The van der Waals surface area contributed by atoms with E-state index in [0.29, 0.717) is 17.1 Å². The van der Waals surface area contributed by atoms with Crippen molar-refractivity contribution >= 4 is 23.2 Å². The zero-order valence-corrected chi connectivity index (χ0v) is 12.9. The number of halogens is 1. The molecule has 2 amide bonds. The Morgan fingerprint density at radius 1 is 1.33 bits per heavy atom. The minimum absolute atomic E-state index is 0.00825. The van der Waals surface area contributed by atoms with E-state index in [2.05, 4.69) is 5.32 Å². The topological polar surface area (TPSA) is 67.9 Å². The van der Waals surface area contributed by atoms with Crippen LogP contribution in [0.1, 0.15) is 0 Å². The summed E-state index contributed by atoms with van der Waals surface area (Å²) in [7, 11) is 1.64. The Hall–Kier alpha value is -3.09. The van der Waals surface area contributed by atoms with Gasteiger partial charge in [0, 0.05) is 12.7 Å². The van der Waals surface area contributed by atoms with Gasteiger partial charge in [-0.15, -0.1) is 0 Å². The molecule has 0 saturated carbocycles. The fourth-order valence-corrected chi connectivity index (χ4v) is 2.25. The molecule has 1 heterocycles. The lowest BCUT2D eigenvalue weighted by molar-refractivity contribution is -0.121. The van der Waals surface area contributed by atoms with Crippen molar-refractivity contribution in [1.29, 1.82) is 0 Å². The molecular formula is C17H15FN2O4. The SMILES string of the molecule is CN1C(=O)COc2ccc(NC(=O)COc3ccccc3F)cc21. The van der Waals surface area contributed by atoms with Crippen LogP contribution in [0, 0.1) is 5.82 Å². The maximum Gasteiger partial charge on any atom is 0.264 e. The number of para-hydroxylation sites is 1. The van der Waals surface area contributed by atoms with Crippen molar-refractivity contribution in [1.82, 2.24) is 0 Å². The highest BCUT2D eigenvalue weighted by Crippen LogP contribution is 2.33. The second-order valence-electron chi connectivity index (χ2n) is 5.19. The Labute approximate surface area is 137 Å². The van der Waals surface area contributed by atoms with E-state index in [-0.39, 0.29) is 24.9 Å². The molecule has 0 aromatic heterocycles. The summed E-state index contributed by atoms with van der Waals surface area (Å²) in [6.07, 6.45) is 0. The van der Waals surface area contributed by atoms with E-state index in [1.165, 1.54) is 23.1 Å². The van der Waals surface area contributed by atoms with E-state index in [1.807, 2.05) is 0 Å². The number of carbonyl (C=O) groups excluding carboxylic acids is 2. The average Bonchev–Trinajstić information content (AvgIpc) is 2.58. The Morgan fingerprint density at radius 2 is 2.12 bits per heavy atom. The molecule has 1 N–H and O–H groups in total. The Morgan fingerprint density at radius 3 is 2.92 bits per heavy atom. The van der Waals surface area contributed by atoms with Gasteiger partial charge in [-0.3, -0.25) is 9.59 Å². The van der Waals surface area contributed by atoms with E-state index < -0.39 is 11.7 Å². The van der Waals surface area contributed by atoms with Gasteiger partial charge in [-0.25, -0.2) is 4.39 Å². The smallest absolute Gasteiger partial charge is 0.264 e. The quantitative estimate of drug-likeness (QED) is 0.933. The van der Waals surface area contributed by atoms with Gasteiger partial charge in [0.05, 0.1) is 5.69 Å². The second-order valence-corrected chi connectivity index (χ2v) is 5.19. The molecule has 0 unspecified atom stereocenters. The molecule has 0 spiro atoms. The first-order valence-electron chi connectivity index (χ1n) is 7.25. The van der Waals surface area contributed by atoms with Gasteiger partial charge in [-0.2, -0.15) is 0 Å². The van der Waals surface area contributed by atoms with Crippen molar-refractivity contribution in [2.45, 2.75) is 0 Å². The lowest BCUT2D eigenvalue weighted by atomic mass is 10.2. The van der Waals surface area contributed by atoms with Gasteiger partial charge in [0.25, 0.3) is 11.8 Å². The fraction of sp³-hybridized carbons (Fsp3) is 0.176. The molecule has 0 saturated heterocycles. The summed E-state index contributed by atoms with van der Waals surface area (Å²) in [6, 6.07) is 10.8. The van der Waals surface area contributed by atoms with Crippen molar-refractivity contribution in [3.05, 3.63) is 48.3 Å². The van der Waals surface area contributed by atoms with Crippen LogP contribution in [0.3, 0.4) is 0 Å². The van der Waals surface area contributed by atoms with Crippen LogP contribution in [-0.2, 0) is 9.59 Å². The number of hydrogen-bond donors (Lipinski definition) is 1. The predicted octanol–water partition coefficient (Wildman–Crippen LogP) is 2.20. The molecule has 1 aliphatic heterocycles. The maximum absolute atomic E-state index is 13.4. The predicted molar refractivity (Wildman–Crippen MR) is 85.9 cm³/mol. The first kappa shape index (κ1) is 15.8. The number of fused-ring (bicyclic) bond motifs is 1. The summed E-state index contributed by atoms with van der Waals surface area (Å²) >= 11 is 0. The standard InChI is InChI=1S/C17H15FN2O4/c1-20-13-8-11(6-7-15(13)24-10-17(20)22)19-16(21)9-23-14-5-3-2-4-12(14)18/h2-8H,9-10H2,1H3,(H,19,21). The third-order valence-electron chi connectivity index (χ3n) is 3.52. The van der Waals surface area contributed by atoms with E-state index in [0.717, 1.165) is 0 Å². The van der Waals surface area contributed by atoms with E-state index >= 15 is 0 Å². The molecule has 2 aromatic rings. The number of rotatable bonds is 4. The van der Waals surface area contributed by atoms with E-state index in [1.54, 1.807) is 31.3 Å². The Kier molecular flexibility index (Phi) is 4.33. The zero-order valence-electron chi connectivity index (χ0n) is 12.9. The average molecular weight is 330 g/mol. The van der Waals surface area contributed by atoms with Gasteiger partial charge < -0.3 is 19.7 Å². The van der Waals surface area contributed by atoms with E-state index in [4.69, 9.17) is 9.47 Å². The second kappa shape index (κ2) is 6.57. The summed E-state index contributed by atoms with van der Waals surface area (Å²) in [6.45, 7) is -0.338. The Bertz CT molecular complexity index is 794. The number of nitrogens with one attached hydrogen (secondary N) is 1. The van der Waals surface area contributed by atoms with Crippen LogP contribution in [0.2, 0.25) is 0 Å². The molecule has 2 aromatic carbocycles. The minimum atomic E-state index is -0.531. The molecule has 3 rings (SSSR count). The van der Waals surface area contributed by atoms with Gasteiger partial charge in [0.2, 0.25) is 0 Å². The van der Waals surface area contributed by atoms with Crippen molar-refractivity contribution in [2.75, 3.05) is 30.5 Å². The number of nitrogens with zero attached hydrogens (tertiary/aromatic N) is 1. The van der Waals surface area contributed by atoms with Crippen LogP contribution in [-0.4, -0.2) is 32.1 Å². The number of likely N-dealkylation sites (N-methyl/N-ethyl adjacent to an activating group) is 1. The molecule has 1 aliphatic rings. The summed E-state index contributed by atoms with van der Waals surface area (Å²) in [4.78, 5) is 25.0. The number of amides is 2. The number of anilines is 2. The minimum Gasteiger partial charge on any atom is -0.482 e. The van der Waals surface area contributed by atoms with Crippen LogP contribution in [0.5, 0.6) is 11.5 Å². The molecule has 7 heteroatoms. The molecule has 0 bridgehead atoms. The third kappa shape index (κ3) is 3.29. The van der Waals surface area contributed by atoms with Crippen LogP contribution in [0.15, 0.2) is 42.5 Å². The highest BCUT2D eigenvalue weighted by molar-refractivity contribution is 5.99. The Balaban J connectivity index is 1.65. The third-order valence-corrected chi connectivity index (χ3v) is 3.52. The molecule has 6 nitrogen and oxygen atoms in total. The van der Waals surface area contributed by atoms with Crippen molar-refractivity contribution in [2.24, 2.45) is 0 Å². The number of ether oxygens (including phenoxy) is 2. The fourth-order valence-electron chi connectivity index (χ4n) is 2.25. The number of carbonyl (C=O) groups is 2. The van der Waals surface area contributed by atoms with Crippen LogP contribution >= 0.6 is 0 Å². The molecule has 24 heavy (non-hydrogen) atoms. The van der Waals surface area contributed by atoms with Crippen molar-refractivity contribution in [3.63, 3.8) is 0 Å². The molecule has 0 atom stereocenters. The van der Waals surface area contributed by atoms with Gasteiger partial charge in [0.15, 0.2) is 24.8 Å². The summed E-state index contributed by atoms with van der Waals surface area (Å²) in [5, 5.41) is 2.64. The van der Waals surface area contributed by atoms with Gasteiger partial charge in [0.1, 0.15) is 5.75 Å². The first-order valence-corrected chi connectivity index (χ1v) is 7.25. The maximum atomic E-state index is 13.4. The van der Waals surface area contributed by atoms with E-state index in [9.17, 15) is 14.0 Å². The highest BCUT2D eigenvalue weighted by atomic mass is 19.1. The number of benzene rings is 2. The molecule has 124 valence electrons. The van der Waals surface area contributed by atoms with Crippen molar-refractivity contribution < 1.29 is 23.5 Å². The van der Waals surface area contributed by atoms with Gasteiger partial charge in [-0.1, -0.05) is 12.1 Å². The molecular weight excluding hydrogens is 315 g/mol. The molecule has 0 aliphatic carbocycles. The van der Waals surface area contributed by atoms with Crippen LogP contribution < -0.4 is 19.7 Å². The summed E-state index contributed by atoms with van der Waals surface area (Å²) in [5.74, 6) is -0.566. The van der Waals surface area contributed by atoms with Gasteiger partial charge >= 0.3 is 0 Å². The van der Waals surface area contributed by atoms with Crippen LogP contribution in [0.25, 0.3) is 0 Å². The van der Waals surface area contributed by atoms with Crippen molar-refractivity contribution in [3.8, 4) is 11.5 Å². The lowest BCUT2D eigenvalue weighted by Crippen LogP contribution is -2.35. The highest BCUT2D eigenvalue weighted by Gasteiger charge is 2.22. The molecule has 0 fully saturated rings. The normalized spacial score (nSPS) is 13.1. The number of hydrogen-bond acceptors (Lipinski definition) is 4. The zero-order chi connectivity index (χ0) is 17.1.